The van der Waals surface area contributed by atoms with Gasteiger partial charge in [-0.05, 0) is 24.1 Å². The zero-order valence-electron chi connectivity index (χ0n) is 16.1. The van der Waals surface area contributed by atoms with Gasteiger partial charge in [0.1, 0.15) is 12.1 Å². The summed E-state index contributed by atoms with van der Waals surface area (Å²) >= 11 is 0. The second kappa shape index (κ2) is 8.50. The summed E-state index contributed by atoms with van der Waals surface area (Å²) in [6.45, 7) is 1.86. The molecule has 9 heteroatoms. The number of aromatic nitrogens is 3. The molecule has 0 aliphatic carbocycles. The highest BCUT2D eigenvalue weighted by molar-refractivity contribution is 5.71. The monoisotopic (exact) mass is 406 g/mol. The standard InChI is InChI=1S/C20H21F3N4O2/c1-3-15(12-26(2)19(28)29-13-14-8-5-4-6-9-14)27-17-16(10-7-11-24-17)25-18(27)20(21,22)23/h4-11,15H,3,12-13H2,1-2H3. The normalized spacial score (nSPS) is 12.7. The van der Waals surface area contributed by atoms with Crippen LogP contribution in [0.3, 0.4) is 0 Å². The van der Waals surface area contributed by atoms with Crippen LogP contribution in [0, 0.1) is 0 Å². The van der Waals surface area contributed by atoms with Gasteiger partial charge in [0.15, 0.2) is 5.65 Å². The van der Waals surface area contributed by atoms with Crippen LogP contribution in [0.5, 0.6) is 0 Å². The first-order valence-corrected chi connectivity index (χ1v) is 9.13. The van der Waals surface area contributed by atoms with Crippen LogP contribution < -0.4 is 0 Å². The fourth-order valence-corrected chi connectivity index (χ4v) is 3.09. The molecule has 1 atom stereocenters. The topological polar surface area (TPSA) is 60.2 Å². The van der Waals surface area contributed by atoms with Crippen LogP contribution >= 0.6 is 0 Å². The summed E-state index contributed by atoms with van der Waals surface area (Å²) in [4.78, 5) is 21.4. The highest BCUT2D eigenvalue weighted by Crippen LogP contribution is 2.34. The van der Waals surface area contributed by atoms with Crippen molar-refractivity contribution in [3.63, 3.8) is 0 Å². The average molecular weight is 406 g/mol. The van der Waals surface area contributed by atoms with E-state index in [1.165, 1.54) is 30.3 Å². The number of pyridine rings is 1. The summed E-state index contributed by atoms with van der Waals surface area (Å²) in [5.41, 5.74) is 1.12. The van der Waals surface area contributed by atoms with Crippen LogP contribution in [-0.4, -0.2) is 39.1 Å². The number of imidazole rings is 1. The first kappa shape index (κ1) is 20.6. The summed E-state index contributed by atoms with van der Waals surface area (Å²) < 4.78 is 47.0. The van der Waals surface area contributed by atoms with Crippen LogP contribution in [0.15, 0.2) is 48.7 Å². The SMILES string of the molecule is CCC(CN(C)C(=O)OCc1ccccc1)n1c(C(F)(F)F)nc2cccnc21. The number of carbonyl (C=O) groups is 1. The van der Waals surface area contributed by atoms with Crippen molar-refractivity contribution in [1.29, 1.82) is 0 Å². The highest BCUT2D eigenvalue weighted by Gasteiger charge is 2.39. The number of likely N-dealkylation sites (N-methyl/N-ethyl adjacent to an activating group) is 1. The van der Waals surface area contributed by atoms with Gasteiger partial charge in [0.25, 0.3) is 0 Å². The molecule has 3 rings (SSSR count). The van der Waals surface area contributed by atoms with Gasteiger partial charge < -0.3 is 14.2 Å². The molecule has 0 spiro atoms. The molecule has 6 nitrogen and oxygen atoms in total. The summed E-state index contributed by atoms with van der Waals surface area (Å²) in [6.07, 6.45) is -3.48. The molecule has 154 valence electrons. The van der Waals surface area contributed by atoms with E-state index in [9.17, 15) is 18.0 Å². The van der Waals surface area contributed by atoms with Gasteiger partial charge in [-0.2, -0.15) is 13.2 Å². The minimum absolute atomic E-state index is 0.0231. The van der Waals surface area contributed by atoms with Crippen LogP contribution in [0.2, 0.25) is 0 Å². The molecular weight excluding hydrogens is 385 g/mol. The molecule has 0 saturated heterocycles. The number of nitrogens with zero attached hydrogens (tertiary/aromatic N) is 4. The first-order chi connectivity index (χ1) is 13.8. The van der Waals surface area contributed by atoms with Crippen molar-refractivity contribution < 1.29 is 22.7 Å². The smallest absolute Gasteiger partial charge is 0.445 e. The zero-order valence-corrected chi connectivity index (χ0v) is 16.1. The molecule has 3 aromatic rings. The van der Waals surface area contributed by atoms with Crippen molar-refractivity contribution in [3.05, 3.63) is 60.0 Å². The van der Waals surface area contributed by atoms with Crippen molar-refractivity contribution in [2.75, 3.05) is 13.6 Å². The summed E-state index contributed by atoms with van der Waals surface area (Å²) in [5.74, 6) is -1.02. The zero-order chi connectivity index (χ0) is 21.0. The van der Waals surface area contributed by atoms with Gasteiger partial charge in [0.2, 0.25) is 5.82 Å². The van der Waals surface area contributed by atoms with Gasteiger partial charge in [-0.25, -0.2) is 14.8 Å². The summed E-state index contributed by atoms with van der Waals surface area (Å²) in [5, 5.41) is 0. The van der Waals surface area contributed by atoms with E-state index < -0.39 is 24.1 Å². The Morgan fingerprint density at radius 2 is 1.93 bits per heavy atom. The van der Waals surface area contributed by atoms with Gasteiger partial charge in [-0.3, -0.25) is 0 Å². The molecule has 0 aliphatic rings. The van der Waals surface area contributed by atoms with Gasteiger partial charge in [0, 0.05) is 19.8 Å². The quantitative estimate of drug-likeness (QED) is 0.597. The van der Waals surface area contributed by atoms with E-state index in [2.05, 4.69) is 9.97 Å². The predicted octanol–water partition coefficient (Wildman–Crippen LogP) is 4.67. The number of amides is 1. The third-order valence-corrected chi connectivity index (χ3v) is 4.54. The molecule has 1 unspecified atom stereocenters. The molecule has 2 heterocycles. The van der Waals surface area contributed by atoms with Gasteiger partial charge in [0.05, 0.1) is 6.04 Å². The van der Waals surface area contributed by atoms with Crippen LogP contribution in [0.1, 0.15) is 30.8 Å². The predicted molar refractivity (Wildman–Crippen MR) is 101 cm³/mol. The third kappa shape index (κ3) is 4.67. The number of halogens is 3. The molecule has 0 aliphatic heterocycles. The molecule has 0 fully saturated rings. The number of ether oxygens (including phenoxy) is 1. The lowest BCUT2D eigenvalue weighted by Gasteiger charge is -2.26. The Morgan fingerprint density at radius 3 is 2.59 bits per heavy atom. The number of rotatable bonds is 6. The fourth-order valence-electron chi connectivity index (χ4n) is 3.09. The summed E-state index contributed by atoms with van der Waals surface area (Å²) in [7, 11) is 1.50. The largest absolute Gasteiger partial charge is 0.449 e. The van der Waals surface area contributed by atoms with E-state index in [0.717, 1.165) is 10.1 Å². The Morgan fingerprint density at radius 1 is 1.21 bits per heavy atom. The number of hydrogen-bond donors (Lipinski definition) is 0. The Bertz CT molecular complexity index is 973. The molecule has 0 N–H and O–H groups in total. The maximum absolute atomic E-state index is 13.6. The van der Waals surface area contributed by atoms with Crippen molar-refractivity contribution in [1.82, 2.24) is 19.4 Å². The summed E-state index contributed by atoms with van der Waals surface area (Å²) in [6, 6.07) is 11.5. The van der Waals surface area contributed by atoms with E-state index >= 15 is 0 Å². The molecule has 29 heavy (non-hydrogen) atoms. The van der Waals surface area contributed by atoms with Gasteiger partial charge in [-0.15, -0.1) is 0 Å². The highest BCUT2D eigenvalue weighted by atomic mass is 19.4. The van der Waals surface area contributed by atoms with Gasteiger partial charge >= 0.3 is 12.3 Å². The third-order valence-electron chi connectivity index (χ3n) is 4.54. The number of carbonyl (C=O) groups excluding carboxylic acids is 1. The Labute approximate surface area is 165 Å². The Balaban J connectivity index is 1.80. The minimum atomic E-state index is -4.64. The maximum Gasteiger partial charge on any atom is 0.449 e. The lowest BCUT2D eigenvalue weighted by Crippen LogP contribution is -2.34. The second-order valence-corrected chi connectivity index (χ2v) is 6.63. The number of benzene rings is 1. The van der Waals surface area contributed by atoms with Crippen LogP contribution in [-0.2, 0) is 17.5 Å². The van der Waals surface area contributed by atoms with Crippen molar-refractivity contribution >= 4 is 17.3 Å². The number of alkyl halides is 3. The van der Waals surface area contributed by atoms with Crippen LogP contribution in [0.4, 0.5) is 18.0 Å². The molecule has 0 saturated carbocycles. The van der Waals surface area contributed by atoms with Gasteiger partial charge in [-0.1, -0.05) is 37.3 Å². The number of fused-ring (bicyclic) bond motifs is 1. The Kier molecular flexibility index (Phi) is 6.05. The van der Waals surface area contributed by atoms with E-state index in [0.29, 0.717) is 6.42 Å². The molecular formula is C20H21F3N4O2. The van der Waals surface area contributed by atoms with E-state index in [4.69, 9.17) is 4.74 Å². The lowest BCUT2D eigenvalue weighted by atomic mass is 10.2. The average Bonchev–Trinajstić information content (AvgIpc) is 3.11. The molecule has 1 amide bonds. The van der Waals surface area contributed by atoms with E-state index in [-0.39, 0.29) is 24.3 Å². The van der Waals surface area contributed by atoms with E-state index in [1.807, 2.05) is 30.3 Å². The molecule has 0 radical (unpaired) electrons. The van der Waals surface area contributed by atoms with Crippen LogP contribution in [0.25, 0.3) is 11.2 Å². The molecule has 1 aromatic carbocycles. The maximum atomic E-state index is 13.6. The first-order valence-electron chi connectivity index (χ1n) is 9.13. The van der Waals surface area contributed by atoms with E-state index in [1.54, 1.807) is 6.92 Å². The van der Waals surface area contributed by atoms with Crippen molar-refractivity contribution in [2.45, 2.75) is 32.2 Å². The number of hydrogen-bond acceptors (Lipinski definition) is 4. The lowest BCUT2D eigenvalue weighted by molar-refractivity contribution is -0.147. The Hall–Kier alpha value is -3.10. The molecule has 0 bridgehead atoms. The second-order valence-electron chi connectivity index (χ2n) is 6.63. The fraction of sp³-hybridized carbons (Fsp3) is 0.350. The minimum Gasteiger partial charge on any atom is -0.445 e. The van der Waals surface area contributed by atoms with Crippen molar-refractivity contribution in [3.8, 4) is 0 Å². The molecule has 2 aromatic heterocycles. The van der Waals surface area contributed by atoms with Crippen molar-refractivity contribution in [2.24, 2.45) is 0 Å².